The van der Waals surface area contributed by atoms with Crippen molar-refractivity contribution in [2.24, 2.45) is 10.9 Å². The summed E-state index contributed by atoms with van der Waals surface area (Å²) in [5.74, 6) is 1.04. The van der Waals surface area contributed by atoms with E-state index >= 15 is 0 Å². The number of hydrogen-bond donors (Lipinski definition) is 6. The van der Waals surface area contributed by atoms with Crippen LogP contribution >= 0.6 is 57.6 Å². The van der Waals surface area contributed by atoms with Crippen LogP contribution in [0.3, 0.4) is 0 Å². The number of ether oxygens (including phenoxy) is 2. The second-order valence-corrected chi connectivity index (χ2v) is 22.8. The van der Waals surface area contributed by atoms with Gasteiger partial charge in [-0.25, -0.2) is 16.6 Å². The molecule has 2 aliphatic carbocycles. The predicted molar refractivity (Wildman–Crippen MR) is 363 cm³/mol. The first-order chi connectivity index (χ1) is 43.1. The number of nitrogens with two attached hydrogens (primary N) is 3. The van der Waals surface area contributed by atoms with E-state index in [2.05, 4.69) is 96.0 Å². The molecule has 3 aliphatic rings. The third kappa shape index (κ3) is 23.4. The van der Waals surface area contributed by atoms with Gasteiger partial charge in [0.05, 0.1) is 11.4 Å². The number of nitrogens with one attached hydrogen (secondary N) is 2. The Bertz CT molecular complexity index is 4080. The number of carbonyl (C=O) groups excluding carboxylic acids is 5. The fourth-order valence-corrected chi connectivity index (χ4v) is 9.18. The number of halogens is 4. The molecule has 5 aromatic carbocycles. The smallest absolute Gasteiger partial charge is 1.00 e. The number of nitriles is 1. The van der Waals surface area contributed by atoms with Crippen LogP contribution in [-0.4, -0.2) is 122 Å². The zero-order chi connectivity index (χ0) is 65.0. The summed E-state index contributed by atoms with van der Waals surface area (Å²) in [5, 5.41) is 33.8. The predicted octanol–water partition coefficient (Wildman–Crippen LogP) is 6.91. The summed E-state index contributed by atoms with van der Waals surface area (Å²) in [6.07, 6.45) is 9.49. The normalized spacial score (nSPS) is 12.4. The maximum atomic E-state index is 13.2. The molecule has 9 N–H and O–H groups in total. The molecule has 12 rings (SSSR count). The van der Waals surface area contributed by atoms with Gasteiger partial charge in [-0.05, 0) is 150 Å². The molecule has 1 saturated heterocycles. The second kappa shape index (κ2) is 37.5. The zero-order valence-electron chi connectivity index (χ0n) is 51.3. The van der Waals surface area contributed by atoms with Gasteiger partial charge >= 0.3 is 35.0 Å². The van der Waals surface area contributed by atoms with Gasteiger partial charge in [-0.1, -0.05) is 76.5 Å². The van der Waals surface area contributed by atoms with Crippen LogP contribution in [0.2, 0.25) is 0 Å². The minimum atomic E-state index is -0.562. The Kier molecular flexibility index (Phi) is 31.2. The second-order valence-electron chi connectivity index (χ2n) is 20.3. The monoisotopic (exact) mass is 1580 g/mol. The SMILES string of the molecule is CC(=O)OC(C)=O.Cc1ccc(C(=O)NC2CC2)cc1-n1cnc(C#N)c1N.Cc1nc(-c2cccc(C(=O)c3ncn(-c4cc(C(=O)NC5CC5)ccc4C)c3N)c2)no1.Cc1nc(-c2cccc(I)c2)no1.Cl.NC(=NO)c1cccc(I)c1.[Br-].[CH-]1CCCO1.[Mg+2]. The van der Waals surface area contributed by atoms with Gasteiger partial charge < -0.3 is 68.5 Å². The Morgan fingerprint density at radius 1 is 0.688 bits per heavy atom. The number of ketones is 1. The van der Waals surface area contributed by atoms with Crippen molar-refractivity contribution in [3.8, 4) is 40.2 Å². The van der Waals surface area contributed by atoms with Crippen LogP contribution in [0.4, 0.5) is 11.6 Å². The molecular formula is C63H65BrClI2MgN15O10. The average Bonchev–Trinajstić information content (AvgIpc) is 1.71. The topological polar surface area (TPSA) is 376 Å². The van der Waals surface area contributed by atoms with Crippen molar-refractivity contribution in [1.82, 2.24) is 50.0 Å². The number of oxime groups is 1. The summed E-state index contributed by atoms with van der Waals surface area (Å²) in [6, 6.07) is 35.6. The van der Waals surface area contributed by atoms with Gasteiger partial charge in [0.1, 0.15) is 30.4 Å². The summed E-state index contributed by atoms with van der Waals surface area (Å²) >= 11 is 4.42. The number of hydrogen-bond acceptors (Lipinski definition) is 20. The van der Waals surface area contributed by atoms with Crippen molar-refractivity contribution in [3.05, 3.63) is 192 Å². The molecule has 0 spiro atoms. The number of imidazole rings is 2. The van der Waals surface area contributed by atoms with E-state index < -0.39 is 11.9 Å². The molecule has 30 heteroatoms. The molecule has 3 fully saturated rings. The summed E-state index contributed by atoms with van der Waals surface area (Å²) in [7, 11) is 0. The number of esters is 2. The van der Waals surface area contributed by atoms with E-state index in [0.29, 0.717) is 57.4 Å². The number of aryl methyl sites for hydroxylation is 4. The maximum absolute atomic E-state index is 13.2. The van der Waals surface area contributed by atoms with Crippen LogP contribution < -0.4 is 44.8 Å². The molecular weight excluding hydrogens is 1520 g/mol. The van der Waals surface area contributed by atoms with Crippen LogP contribution in [0.25, 0.3) is 34.2 Å². The molecule has 2 saturated carbocycles. The number of amides is 2. The molecule has 5 heterocycles. The quantitative estimate of drug-likeness (QED) is 0.00732. The number of carbonyl (C=O) groups is 5. The number of benzene rings is 5. The summed E-state index contributed by atoms with van der Waals surface area (Å²) in [5.41, 5.74) is 25.1. The molecule has 482 valence electrons. The molecule has 9 aromatic rings. The van der Waals surface area contributed by atoms with Crippen molar-refractivity contribution in [2.45, 2.75) is 92.2 Å². The third-order valence-corrected chi connectivity index (χ3v) is 14.3. The molecule has 93 heavy (non-hydrogen) atoms. The van der Waals surface area contributed by atoms with E-state index in [1.807, 2.05) is 81.1 Å². The van der Waals surface area contributed by atoms with Gasteiger partial charge in [0.25, 0.3) is 11.8 Å². The fourth-order valence-electron chi connectivity index (χ4n) is 8.10. The van der Waals surface area contributed by atoms with Gasteiger partial charge in [-0.3, -0.25) is 33.1 Å². The molecule has 4 aromatic heterocycles. The first-order valence-corrected chi connectivity index (χ1v) is 30.1. The Morgan fingerprint density at radius 3 is 1.58 bits per heavy atom. The van der Waals surface area contributed by atoms with Crippen molar-refractivity contribution >= 4 is 128 Å². The van der Waals surface area contributed by atoms with Crippen LogP contribution in [0.15, 0.2) is 136 Å². The summed E-state index contributed by atoms with van der Waals surface area (Å²) < 4.78 is 24.2. The summed E-state index contributed by atoms with van der Waals surface area (Å²) in [6.45, 7) is 12.5. The zero-order valence-corrected chi connectivity index (χ0v) is 59.4. The number of aromatic nitrogens is 8. The van der Waals surface area contributed by atoms with Crippen molar-refractivity contribution < 1.29 is 64.7 Å². The number of amidine groups is 1. The number of nitrogen functional groups attached to an aromatic ring is 2. The van der Waals surface area contributed by atoms with Crippen LogP contribution in [-0.2, 0) is 19.1 Å². The third-order valence-electron chi connectivity index (χ3n) is 13.0. The van der Waals surface area contributed by atoms with E-state index in [0.717, 1.165) is 73.8 Å². The van der Waals surface area contributed by atoms with Gasteiger partial charge in [0, 0.05) is 86.9 Å². The summed E-state index contributed by atoms with van der Waals surface area (Å²) in [4.78, 5) is 74.0. The molecule has 0 bridgehead atoms. The first-order valence-electron chi connectivity index (χ1n) is 27.9. The van der Waals surface area contributed by atoms with E-state index in [-0.39, 0.29) is 105 Å². The largest absolute Gasteiger partial charge is 2.00 e. The number of nitrogens with zero attached hydrogens (tertiary/aromatic N) is 10. The molecule has 2 amide bonds. The van der Waals surface area contributed by atoms with E-state index in [1.165, 1.54) is 32.9 Å². The van der Waals surface area contributed by atoms with Crippen molar-refractivity contribution in [2.75, 3.05) is 18.1 Å². The number of anilines is 2. The Hall–Kier alpha value is -8.13. The van der Waals surface area contributed by atoms with E-state index in [9.17, 15) is 24.0 Å². The van der Waals surface area contributed by atoms with E-state index in [4.69, 9.17) is 41.5 Å². The molecule has 1 aliphatic heterocycles. The Morgan fingerprint density at radius 2 is 1.17 bits per heavy atom. The molecule has 0 unspecified atom stereocenters. The average molecular weight is 1590 g/mol. The van der Waals surface area contributed by atoms with Gasteiger partial charge in [0.15, 0.2) is 17.2 Å². The minimum absolute atomic E-state index is 0. The van der Waals surface area contributed by atoms with Crippen molar-refractivity contribution in [1.29, 1.82) is 5.26 Å². The van der Waals surface area contributed by atoms with Gasteiger partial charge in [-0.2, -0.15) is 21.7 Å². The van der Waals surface area contributed by atoms with Crippen LogP contribution in [0, 0.1) is 52.8 Å². The molecule has 0 radical (unpaired) electrons. The van der Waals surface area contributed by atoms with Gasteiger partial charge in [-0.15, -0.1) is 12.4 Å². The Balaban J connectivity index is 0.000000263. The van der Waals surface area contributed by atoms with Crippen LogP contribution in [0.1, 0.15) is 123 Å². The molecule has 0 atom stereocenters. The maximum Gasteiger partial charge on any atom is 2.00 e. The Labute approximate surface area is 596 Å². The first kappa shape index (κ1) is 77.3. The standard InChI is InChI=1S/C24H22N6O3.C15H15N5O.C9H7IN2O.C7H7IN2O.C4H6O3.C4H7O.BrH.ClH.Mg/c1-13-6-7-17(24(32)28-18-8-9-18)11-19(13)30-12-26-20(22(30)25)21(31)15-4-3-5-16(10-15)23-27-14(2)33-29-23;1-9-2-3-10(15(21)19-11-4-5-11)6-13(9)20-8-18-12(7-16)14(20)17;1-6-11-9(12-13-6)7-3-2-4-8(10)5-7;8-6-3-1-2-5(4-6)7(9)10-11;1-3(5)7-4(2)6;1-2-4-5-3-1;;;/h3-7,10-12,18H,8-9,25H2,1-2H3,(H,28,32);2-3,6,8,11H,4-5,17H2,1H3,(H,19,21);2-5H,1H3;1-4,11H,(H2,9,10);1-2H3;3H,1-2,4H2;2*1H;/q;;;;;-1;;;+2/p-1. The fraction of sp³-hybridized carbons (Fsp3) is 0.238. The van der Waals surface area contributed by atoms with Crippen LogP contribution in [0.5, 0.6) is 0 Å². The van der Waals surface area contributed by atoms with Gasteiger partial charge in [0.2, 0.25) is 29.2 Å². The number of rotatable bonds is 11. The van der Waals surface area contributed by atoms with E-state index in [1.54, 1.807) is 77.6 Å². The molecule has 25 nitrogen and oxygen atoms in total. The van der Waals surface area contributed by atoms with Crippen molar-refractivity contribution in [3.63, 3.8) is 0 Å². The minimum Gasteiger partial charge on any atom is -1.00 e.